The van der Waals surface area contributed by atoms with Crippen molar-refractivity contribution in [2.45, 2.75) is 26.4 Å². The molecule has 0 spiro atoms. The molecule has 0 bridgehead atoms. The van der Waals surface area contributed by atoms with Gasteiger partial charge in [-0.25, -0.2) is 4.79 Å². The number of fused-ring (bicyclic) bond motifs is 2. The Morgan fingerprint density at radius 2 is 2.00 bits per heavy atom. The quantitative estimate of drug-likeness (QED) is 0.419. The van der Waals surface area contributed by atoms with E-state index in [1.165, 1.54) is 0 Å². The molecular formula is C20H19N3O3. The Morgan fingerprint density at radius 3 is 2.81 bits per heavy atom. The lowest BCUT2D eigenvalue weighted by atomic mass is 10.1. The Bertz CT molecular complexity index is 1170. The zero-order valence-electron chi connectivity index (χ0n) is 14.9. The first-order valence-corrected chi connectivity index (χ1v) is 8.52. The van der Waals surface area contributed by atoms with E-state index in [2.05, 4.69) is 20.6 Å². The van der Waals surface area contributed by atoms with E-state index in [0.717, 1.165) is 27.3 Å². The zero-order chi connectivity index (χ0) is 18.3. The minimum Gasteiger partial charge on any atom is -0.463 e. The second kappa shape index (κ2) is 5.98. The normalized spacial score (nSPS) is 13.0. The standard InChI is InChI=1S/C20H19N3O3/c1-4-25-19(24)20(2,3)26-22-17-15-9-6-12-23(15)14-8-5-7-13-10-11-21-18(17)16(13)14/h5-12H,4H2,1-3H3. The number of nitrogens with zero attached hydrogens (tertiary/aromatic N) is 3. The lowest BCUT2D eigenvalue weighted by molar-refractivity contribution is -0.168. The van der Waals surface area contributed by atoms with E-state index < -0.39 is 11.6 Å². The summed E-state index contributed by atoms with van der Waals surface area (Å²) in [5, 5.41) is 7.00. The minimum atomic E-state index is -1.19. The van der Waals surface area contributed by atoms with Crippen molar-refractivity contribution in [3.63, 3.8) is 0 Å². The summed E-state index contributed by atoms with van der Waals surface area (Å²) in [5.41, 5.74) is 1.46. The van der Waals surface area contributed by atoms with Crippen LogP contribution in [0.3, 0.4) is 0 Å². The first kappa shape index (κ1) is 16.3. The van der Waals surface area contributed by atoms with Crippen molar-refractivity contribution in [1.29, 1.82) is 0 Å². The predicted molar refractivity (Wildman–Crippen MR) is 98.8 cm³/mol. The topological polar surface area (TPSA) is 65.2 Å². The Balaban J connectivity index is 1.98. The van der Waals surface area contributed by atoms with Gasteiger partial charge in [0.15, 0.2) is 5.36 Å². The van der Waals surface area contributed by atoms with Crippen molar-refractivity contribution in [2.24, 2.45) is 5.16 Å². The molecule has 0 saturated heterocycles. The fourth-order valence-corrected chi connectivity index (χ4v) is 3.09. The number of carbonyl (C=O) groups is 1. The second-order valence-corrected chi connectivity index (χ2v) is 6.56. The number of ether oxygens (including phenoxy) is 1. The summed E-state index contributed by atoms with van der Waals surface area (Å²) in [6, 6.07) is 12.0. The van der Waals surface area contributed by atoms with Gasteiger partial charge >= 0.3 is 5.97 Å². The van der Waals surface area contributed by atoms with Crippen molar-refractivity contribution >= 4 is 33.3 Å². The summed E-state index contributed by atoms with van der Waals surface area (Å²) in [6.45, 7) is 5.33. The third-order valence-electron chi connectivity index (χ3n) is 4.38. The average molecular weight is 349 g/mol. The van der Waals surface area contributed by atoms with Crippen LogP contribution < -0.4 is 5.36 Å². The molecule has 0 aliphatic carbocycles. The van der Waals surface area contributed by atoms with Crippen LogP contribution in [0.2, 0.25) is 0 Å². The van der Waals surface area contributed by atoms with Crippen LogP contribution in [0.15, 0.2) is 53.9 Å². The number of benzene rings is 1. The van der Waals surface area contributed by atoms with E-state index in [1.807, 2.05) is 36.5 Å². The van der Waals surface area contributed by atoms with Crippen LogP contribution in [0, 0.1) is 0 Å². The molecule has 0 radical (unpaired) electrons. The lowest BCUT2D eigenvalue weighted by Gasteiger charge is -2.19. The highest BCUT2D eigenvalue weighted by molar-refractivity contribution is 6.08. The largest absolute Gasteiger partial charge is 0.463 e. The van der Waals surface area contributed by atoms with Gasteiger partial charge in [-0.15, -0.1) is 0 Å². The second-order valence-electron chi connectivity index (χ2n) is 6.56. The molecule has 3 aromatic heterocycles. The van der Waals surface area contributed by atoms with Gasteiger partial charge in [0.2, 0.25) is 5.60 Å². The molecular weight excluding hydrogens is 330 g/mol. The average Bonchev–Trinajstić information content (AvgIpc) is 3.11. The Morgan fingerprint density at radius 1 is 1.19 bits per heavy atom. The number of aromatic nitrogens is 2. The van der Waals surface area contributed by atoms with Gasteiger partial charge in [-0.1, -0.05) is 17.3 Å². The maximum atomic E-state index is 12.1. The number of hydrogen-bond donors (Lipinski definition) is 0. The minimum absolute atomic E-state index is 0.291. The van der Waals surface area contributed by atoms with Crippen LogP contribution in [-0.2, 0) is 14.4 Å². The molecule has 1 aromatic carbocycles. The van der Waals surface area contributed by atoms with Crippen LogP contribution in [0.5, 0.6) is 0 Å². The maximum Gasteiger partial charge on any atom is 0.352 e. The highest BCUT2D eigenvalue weighted by atomic mass is 16.7. The first-order valence-electron chi connectivity index (χ1n) is 8.52. The number of esters is 1. The molecule has 0 saturated carbocycles. The van der Waals surface area contributed by atoms with Crippen molar-refractivity contribution in [3.8, 4) is 0 Å². The molecule has 6 nitrogen and oxygen atoms in total. The third-order valence-corrected chi connectivity index (χ3v) is 4.38. The van der Waals surface area contributed by atoms with Gasteiger partial charge in [0.25, 0.3) is 0 Å². The van der Waals surface area contributed by atoms with Crippen molar-refractivity contribution in [3.05, 3.63) is 54.1 Å². The molecule has 0 atom stereocenters. The highest BCUT2D eigenvalue weighted by Crippen LogP contribution is 2.24. The fourth-order valence-electron chi connectivity index (χ4n) is 3.09. The summed E-state index contributed by atoms with van der Waals surface area (Å²) in [6.07, 6.45) is 3.73. The van der Waals surface area contributed by atoms with E-state index >= 15 is 0 Å². The molecule has 0 unspecified atom stereocenters. The summed E-state index contributed by atoms with van der Waals surface area (Å²) >= 11 is 0. The van der Waals surface area contributed by atoms with E-state index in [1.54, 1.807) is 27.0 Å². The molecule has 4 rings (SSSR count). The predicted octanol–water partition coefficient (Wildman–Crippen LogP) is 3.25. The first-order chi connectivity index (χ1) is 12.5. The molecule has 0 amide bonds. The molecule has 26 heavy (non-hydrogen) atoms. The van der Waals surface area contributed by atoms with Gasteiger partial charge in [-0.05, 0) is 50.4 Å². The summed E-state index contributed by atoms with van der Waals surface area (Å²) in [5.74, 6) is -0.456. The van der Waals surface area contributed by atoms with Gasteiger partial charge in [-0.3, -0.25) is 4.98 Å². The molecule has 0 aliphatic rings. The van der Waals surface area contributed by atoms with Crippen LogP contribution in [0.1, 0.15) is 20.8 Å². The van der Waals surface area contributed by atoms with Crippen molar-refractivity contribution in [1.82, 2.24) is 9.38 Å². The monoisotopic (exact) mass is 349 g/mol. The number of carbonyl (C=O) groups excluding carboxylic acids is 1. The molecule has 6 heteroatoms. The van der Waals surface area contributed by atoms with Crippen molar-refractivity contribution < 1.29 is 14.4 Å². The molecule has 0 fully saturated rings. The lowest BCUT2D eigenvalue weighted by Crippen LogP contribution is -2.36. The van der Waals surface area contributed by atoms with E-state index in [0.29, 0.717) is 12.0 Å². The smallest absolute Gasteiger partial charge is 0.352 e. The van der Waals surface area contributed by atoms with Crippen LogP contribution in [0.25, 0.3) is 27.3 Å². The number of pyridine rings is 2. The Hall–Kier alpha value is -3.15. The molecule has 0 aliphatic heterocycles. The van der Waals surface area contributed by atoms with E-state index in [4.69, 9.17) is 9.57 Å². The molecule has 132 valence electrons. The van der Waals surface area contributed by atoms with E-state index in [9.17, 15) is 4.79 Å². The fraction of sp³-hybridized carbons (Fsp3) is 0.250. The van der Waals surface area contributed by atoms with Crippen molar-refractivity contribution in [2.75, 3.05) is 6.61 Å². The van der Waals surface area contributed by atoms with Gasteiger partial charge in [0.1, 0.15) is 5.52 Å². The van der Waals surface area contributed by atoms with E-state index in [-0.39, 0.29) is 0 Å². The van der Waals surface area contributed by atoms with Crippen LogP contribution in [-0.4, -0.2) is 27.6 Å². The van der Waals surface area contributed by atoms with Crippen LogP contribution >= 0.6 is 0 Å². The van der Waals surface area contributed by atoms with Crippen LogP contribution in [0.4, 0.5) is 0 Å². The molecule has 4 aromatic rings. The summed E-state index contributed by atoms with van der Waals surface area (Å²) in [4.78, 5) is 22.2. The number of rotatable bonds is 4. The van der Waals surface area contributed by atoms with Gasteiger partial charge in [0.05, 0.1) is 17.6 Å². The number of hydrogen-bond acceptors (Lipinski definition) is 5. The maximum absolute atomic E-state index is 12.1. The summed E-state index contributed by atoms with van der Waals surface area (Å²) < 4.78 is 7.11. The highest BCUT2D eigenvalue weighted by Gasteiger charge is 2.32. The zero-order valence-corrected chi connectivity index (χ0v) is 14.9. The Labute approximate surface area is 150 Å². The SMILES string of the molecule is CCOC(=O)C(C)(C)ON=c1c2nccc3cccc(c32)n2cccc12. The van der Waals surface area contributed by atoms with Gasteiger partial charge in [-0.2, -0.15) is 0 Å². The summed E-state index contributed by atoms with van der Waals surface area (Å²) in [7, 11) is 0. The molecule has 0 N–H and O–H groups in total. The van der Waals surface area contributed by atoms with Gasteiger partial charge in [0, 0.05) is 17.8 Å². The van der Waals surface area contributed by atoms with Gasteiger partial charge < -0.3 is 14.0 Å². The Kier molecular flexibility index (Phi) is 3.76. The third kappa shape index (κ3) is 2.45. The molecule has 3 heterocycles.